The van der Waals surface area contributed by atoms with E-state index in [1.165, 1.54) is 10.9 Å². The van der Waals surface area contributed by atoms with Crippen molar-refractivity contribution in [3.8, 4) is 11.5 Å². The van der Waals surface area contributed by atoms with Gasteiger partial charge in [0.2, 0.25) is 5.91 Å². The molecule has 30 heavy (non-hydrogen) atoms. The number of benzene rings is 2. The smallest absolute Gasteiger partial charge is 0.244 e. The summed E-state index contributed by atoms with van der Waals surface area (Å²) in [7, 11) is 7.35. The van der Waals surface area contributed by atoms with Gasteiger partial charge in [0.25, 0.3) is 0 Å². The summed E-state index contributed by atoms with van der Waals surface area (Å²) in [5, 5.41) is 4.10. The summed E-state index contributed by atoms with van der Waals surface area (Å²) in [5.74, 6) is 1.24. The third kappa shape index (κ3) is 5.42. The van der Waals surface area contributed by atoms with Crippen molar-refractivity contribution in [2.24, 2.45) is 0 Å². The fourth-order valence-electron chi connectivity index (χ4n) is 3.26. The maximum Gasteiger partial charge on any atom is 0.244 e. The van der Waals surface area contributed by atoms with Gasteiger partial charge in [0, 0.05) is 47.9 Å². The number of nitrogens with zero attached hydrogens (tertiary/aromatic N) is 1. The molecule has 158 valence electrons. The van der Waals surface area contributed by atoms with Crippen molar-refractivity contribution in [1.29, 1.82) is 0 Å². The first-order valence-electron chi connectivity index (χ1n) is 9.91. The standard InChI is InChI=1S/C24H29N3O3/c1-27(2)12-11-18-15-25-22-9-5-17(13-21(18)22)6-10-24(28)26-16-19-7-8-20(29-3)14-23(19)30-4/h5-10,13-15,25H,11-12,16H2,1-4H3,(H,26,28)/b10-6+. The molecule has 0 bridgehead atoms. The molecule has 1 amide bonds. The third-order valence-corrected chi connectivity index (χ3v) is 4.99. The second-order valence-corrected chi connectivity index (χ2v) is 7.40. The molecule has 2 aromatic carbocycles. The molecule has 0 aliphatic rings. The summed E-state index contributed by atoms with van der Waals surface area (Å²) in [6.07, 6.45) is 6.44. The number of fused-ring (bicyclic) bond motifs is 1. The fraction of sp³-hybridized carbons (Fsp3) is 0.292. The van der Waals surface area contributed by atoms with Crippen LogP contribution in [-0.2, 0) is 17.8 Å². The Balaban J connectivity index is 1.64. The second-order valence-electron chi connectivity index (χ2n) is 7.40. The molecule has 0 aliphatic carbocycles. The van der Waals surface area contributed by atoms with Gasteiger partial charge < -0.3 is 24.7 Å². The van der Waals surface area contributed by atoms with Gasteiger partial charge in [0.15, 0.2) is 0 Å². The van der Waals surface area contributed by atoms with E-state index in [9.17, 15) is 4.79 Å². The highest BCUT2D eigenvalue weighted by atomic mass is 16.5. The maximum absolute atomic E-state index is 12.3. The number of H-pyrrole nitrogens is 1. The van der Waals surface area contributed by atoms with Crippen LogP contribution in [0.5, 0.6) is 11.5 Å². The predicted molar refractivity (Wildman–Crippen MR) is 121 cm³/mol. The normalized spacial score (nSPS) is 11.4. The number of ether oxygens (including phenoxy) is 2. The lowest BCUT2D eigenvalue weighted by atomic mass is 10.1. The van der Waals surface area contributed by atoms with E-state index in [2.05, 4.69) is 41.6 Å². The van der Waals surface area contributed by atoms with Gasteiger partial charge in [0.1, 0.15) is 11.5 Å². The third-order valence-electron chi connectivity index (χ3n) is 4.99. The number of nitrogens with one attached hydrogen (secondary N) is 2. The van der Waals surface area contributed by atoms with Crippen LogP contribution in [0.3, 0.4) is 0 Å². The molecule has 2 N–H and O–H groups in total. The number of methoxy groups -OCH3 is 2. The monoisotopic (exact) mass is 407 g/mol. The van der Waals surface area contributed by atoms with Crippen LogP contribution in [0.15, 0.2) is 48.7 Å². The number of carbonyl (C=O) groups excluding carboxylic acids is 1. The number of aromatic nitrogens is 1. The van der Waals surface area contributed by atoms with Gasteiger partial charge in [-0.1, -0.05) is 6.07 Å². The lowest BCUT2D eigenvalue weighted by Gasteiger charge is -2.10. The zero-order valence-electron chi connectivity index (χ0n) is 18.0. The molecule has 6 heteroatoms. The van der Waals surface area contributed by atoms with Crippen LogP contribution in [0, 0.1) is 0 Å². The van der Waals surface area contributed by atoms with Crippen molar-refractivity contribution >= 4 is 22.9 Å². The first-order valence-corrected chi connectivity index (χ1v) is 9.91. The van der Waals surface area contributed by atoms with Crippen LogP contribution in [0.4, 0.5) is 0 Å². The van der Waals surface area contributed by atoms with Crippen LogP contribution in [-0.4, -0.2) is 50.7 Å². The van der Waals surface area contributed by atoms with Crippen molar-refractivity contribution in [3.05, 3.63) is 65.4 Å². The molecule has 0 saturated carbocycles. The first kappa shape index (κ1) is 21.5. The number of amides is 1. The quantitative estimate of drug-likeness (QED) is 0.532. The van der Waals surface area contributed by atoms with Crippen LogP contribution < -0.4 is 14.8 Å². The molecule has 1 aromatic heterocycles. The van der Waals surface area contributed by atoms with Crippen molar-refractivity contribution in [2.45, 2.75) is 13.0 Å². The largest absolute Gasteiger partial charge is 0.497 e. The van der Waals surface area contributed by atoms with Gasteiger partial charge in [-0.3, -0.25) is 4.79 Å². The van der Waals surface area contributed by atoms with E-state index in [-0.39, 0.29) is 5.91 Å². The number of hydrogen-bond acceptors (Lipinski definition) is 4. The Bertz CT molecular complexity index is 1040. The maximum atomic E-state index is 12.3. The summed E-state index contributed by atoms with van der Waals surface area (Å²) >= 11 is 0. The Hall–Kier alpha value is -3.25. The van der Waals surface area contributed by atoms with Gasteiger partial charge in [0.05, 0.1) is 14.2 Å². The molecule has 0 fully saturated rings. The van der Waals surface area contributed by atoms with Gasteiger partial charge in [-0.2, -0.15) is 0 Å². The van der Waals surface area contributed by atoms with E-state index in [1.807, 2.05) is 30.3 Å². The summed E-state index contributed by atoms with van der Waals surface area (Å²) < 4.78 is 10.6. The average Bonchev–Trinajstić information content (AvgIpc) is 3.16. The summed E-state index contributed by atoms with van der Waals surface area (Å²) in [5.41, 5.74) is 4.27. The highest BCUT2D eigenvalue weighted by Gasteiger charge is 2.07. The molecule has 0 unspecified atom stereocenters. The molecule has 1 heterocycles. The zero-order chi connectivity index (χ0) is 21.5. The van der Waals surface area contributed by atoms with Gasteiger partial charge in [-0.15, -0.1) is 0 Å². The molecule has 0 atom stereocenters. The molecule has 3 aromatic rings. The minimum atomic E-state index is -0.158. The average molecular weight is 408 g/mol. The molecule has 3 rings (SSSR count). The Labute approximate surface area is 177 Å². The van der Waals surface area contributed by atoms with Crippen LogP contribution >= 0.6 is 0 Å². The SMILES string of the molecule is COc1ccc(CNC(=O)/C=C/c2ccc3[nH]cc(CCN(C)C)c3c2)c(OC)c1. The Morgan fingerprint density at radius 1 is 1.10 bits per heavy atom. The summed E-state index contributed by atoms with van der Waals surface area (Å²) in [6.45, 7) is 1.37. The van der Waals surface area contributed by atoms with Crippen LogP contribution in [0.2, 0.25) is 0 Å². The highest BCUT2D eigenvalue weighted by molar-refractivity contribution is 5.93. The van der Waals surface area contributed by atoms with Gasteiger partial charge >= 0.3 is 0 Å². The number of aromatic amines is 1. The topological polar surface area (TPSA) is 66.6 Å². The Morgan fingerprint density at radius 2 is 1.93 bits per heavy atom. The lowest BCUT2D eigenvalue weighted by molar-refractivity contribution is -0.116. The van der Waals surface area contributed by atoms with E-state index in [0.717, 1.165) is 29.6 Å². The minimum Gasteiger partial charge on any atom is -0.497 e. The number of rotatable bonds is 9. The molecule has 0 radical (unpaired) electrons. The van der Waals surface area contributed by atoms with E-state index in [4.69, 9.17) is 9.47 Å². The zero-order valence-corrected chi connectivity index (χ0v) is 18.0. The van der Waals surface area contributed by atoms with Crippen molar-refractivity contribution in [3.63, 3.8) is 0 Å². The molecule has 6 nitrogen and oxygen atoms in total. The first-order chi connectivity index (χ1) is 14.5. The predicted octanol–water partition coefficient (Wildman–Crippen LogP) is 3.62. The van der Waals surface area contributed by atoms with E-state index in [1.54, 1.807) is 26.4 Å². The van der Waals surface area contributed by atoms with Crippen molar-refractivity contribution in [2.75, 3.05) is 34.9 Å². The molecule has 0 saturated heterocycles. The Kier molecular flexibility index (Phi) is 7.14. The van der Waals surface area contributed by atoms with Crippen molar-refractivity contribution < 1.29 is 14.3 Å². The summed E-state index contributed by atoms with van der Waals surface area (Å²) in [6, 6.07) is 11.7. The van der Waals surface area contributed by atoms with Crippen LogP contribution in [0.25, 0.3) is 17.0 Å². The van der Waals surface area contributed by atoms with Gasteiger partial charge in [-0.25, -0.2) is 0 Å². The second kappa shape index (κ2) is 9.98. The van der Waals surface area contributed by atoms with Gasteiger partial charge in [-0.05, 0) is 62.0 Å². The Morgan fingerprint density at radius 3 is 2.67 bits per heavy atom. The molecular formula is C24H29N3O3. The molecule has 0 aliphatic heterocycles. The minimum absolute atomic E-state index is 0.158. The van der Waals surface area contributed by atoms with E-state index < -0.39 is 0 Å². The number of hydrogen-bond donors (Lipinski definition) is 2. The lowest BCUT2D eigenvalue weighted by Crippen LogP contribution is -2.20. The van der Waals surface area contributed by atoms with E-state index >= 15 is 0 Å². The molecule has 0 spiro atoms. The number of carbonyl (C=O) groups is 1. The number of likely N-dealkylation sites (N-methyl/N-ethyl adjacent to an activating group) is 1. The highest BCUT2D eigenvalue weighted by Crippen LogP contribution is 2.24. The van der Waals surface area contributed by atoms with Crippen LogP contribution in [0.1, 0.15) is 16.7 Å². The van der Waals surface area contributed by atoms with E-state index in [0.29, 0.717) is 18.0 Å². The molecular weight excluding hydrogens is 378 g/mol. The summed E-state index contributed by atoms with van der Waals surface area (Å²) in [4.78, 5) is 17.8. The fourth-order valence-corrected chi connectivity index (χ4v) is 3.26. The van der Waals surface area contributed by atoms with Crippen molar-refractivity contribution in [1.82, 2.24) is 15.2 Å².